The number of amides is 1. The van der Waals surface area contributed by atoms with Gasteiger partial charge in [-0.15, -0.1) is 0 Å². The minimum Gasteiger partial charge on any atom is -0.507 e. The van der Waals surface area contributed by atoms with Gasteiger partial charge >= 0.3 is 11.8 Å². The van der Waals surface area contributed by atoms with Crippen molar-refractivity contribution in [1.29, 1.82) is 0 Å². The molecule has 1 fully saturated rings. The topological polar surface area (TPSA) is 219 Å². The van der Waals surface area contributed by atoms with Crippen molar-refractivity contribution in [2.45, 2.75) is 103 Å². The number of hydrogen-bond acceptors (Lipinski definition) is 15. The van der Waals surface area contributed by atoms with Gasteiger partial charge in [-0.2, -0.15) is 0 Å². The molecule has 5 aliphatic heterocycles. The average molecular weight is 867 g/mol. The predicted octanol–water partition coefficient (Wildman–Crippen LogP) is 5.95. The van der Waals surface area contributed by atoms with Crippen molar-refractivity contribution < 1.29 is 53.1 Å². The summed E-state index contributed by atoms with van der Waals surface area (Å²) in [6.45, 7) is 11.0. The van der Waals surface area contributed by atoms with Crippen molar-refractivity contribution in [2.75, 3.05) is 37.5 Å². The van der Waals surface area contributed by atoms with E-state index >= 15 is 4.79 Å². The molecule has 8 rings (SSSR count). The number of rotatable bonds is 4. The van der Waals surface area contributed by atoms with Gasteiger partial charge in [-0.3, -0.25) is 19.2 Å². The molecular weight excluding hydrogens is 813 g/mol. The fraction of sp³-hybridized carbons (Fsp3) is 0.468. The number of aromatic nitrogens is 1. The molecule has 2 aromatic carbocycles. The highest BCUT2D eigenvalue weighted by Crippen LogP contribution is 2.57. The number of aliphatic hydroxyl groups is 1. The zero-order valence-corrected chi connectivity index (χ0v) is 36.7. The van der Waals surface area contributed by atoms with Gasteiger partial charge in [0.1, 0.15) is 40.3 Å². The Balaban J connectivity index is 1.52. The van der Waals surface area contributed by atoms with Crippen LogP contribution in [0, 0.1) is 11.8 Å². The van der Waals surface area contributed by atoms with E-state index in [-0.39, 0.29) is 74.4 Å². The molecule has 0 radical (unpaired) electrons. The number of Topliss-reactive ketones (excluding diaryl/α,β-unsaturated/α-hetero) is 1. The maximum atomic E-state index is 15.3. The number of phenols is 2. The molecule has 16 nitrogen and oxygen atoms in total. The number of fused-ring (bicyclic) bond motifs is 7. The van der Waals surface area contributed by atoms with Gasteiger partial charge in [0.2, 0.25) is 5.43 Å². The molecule has 5 N–H and O–H groups in total. The monoisotopic (exact) mass is 866 g/mol. The van der Waals surface area contributed by atoms with Crippen molar-refractivity contribution >= 4 is 50.9 Å². The number of methoxy groups -OCH3 is 1. The number of ether oxygens (including phenoxy) is 4. The quantitative estimate of drug-likeness (QED) is 0.0909. The van der Waals surface area contributed by atoms with E-state index in [0.29, 0.717) is 31.2 Å². The lowest BCUT2D eigenvalue weighted by atomic mass is 9.67. The second-order valence-electron chi connectivity index (χ2n) is 17.7. The number of carbonyl (C=O) groups is 3. The van der Waals surface area contributed by atoms with E-state index in [4.69, 9.17) is 28.3 Å². The first kappa shape index (κ1) is 43.7. The second-order valence-corrected chi connectivity index (χ2v) is 17.7. The predicted molar refractivity (Wildman–Crippen MR) is 234 cm³/mol. The first-order chi connectivity index (χ1) is 29.9. The number of anilines is 2. The summed E-state index contributed by atoms with van der Waals surface area (Å²) in [6.07, 6.45) is 6.34. The molecule has 5 bridgehead atoms. The Bertz CT molecular complexity index is 2660. The molecule has 1 amide bonds. The van der Waals surface area contributed by atoms with E-state index in [1.807, 2.05) is 27.0 Å². The number of esters is 1. The lowest BCUT2D eigenvalue weighted by Gasteiger charge is -2.44. The Labute approximate surface area is 363 Å². The molecule has 334 valence electrons. The number of carbonyl (C=O) groups excluding carboxylic acids is 3. The summed E-state index contributed by atoms with van der Waals surface area (Å²) in [5.41, 5.74) is -2.85. The molecule has 7 atom stereocenters. The maximum absolute atomic E-state index is 15.3. The van der Waals surface area contributed by atoms with Crippen LogP contribution in [0.1, 0.15) is 83.1 Å². The molecule has 63 heavy (non-hydrogen) atoms. The molecule has 6 aliphatic rings. The lowest BCUT2D eigenvalue weighted by Crippen LogP contribution is -2.54. The van der Waals surface area contributed by atoms with Crippen LogP contribution < -0.4 is 25.7 Å². The lowest BCUT2D eigenvalue weighted by molar-refractivity contribution is -0.164. The normalized spacial score (nSPS) is 29.9. The summed E-state index contributed by atoms with van der Waals surface area (Å²) < 4.78 is 31.0. The molecule has 1 aliphatic carbocycles. The van der Waals surface area contributed by atoms with E-state index in [9.17, 15) is 29.7 Å². The number of ketones is 1. The van der Waals surface area contributed by atoms with E-state index < -0.39 is 69.4 Å². The van der Waals surface area contributed by atoms with Crippen molar-refractivity contribution in [3.63, 3.8) is 0 Å². The minimum absolute atomic E-state index is 0.0208. The summed E-state index contributed by atoms with van der Waals surface area (Å²) in [4.78, 5) is 64.3. The number of phenolic OH excluding ortho intramolecular Hbond substituents is 2. The van der Waals surface area contributed by atoms with Gasteiger partial charge in [-0.25, -0.2) is 4.98 Å². The summed E-state index contributed by atoms with van der Waals surface area (Å²) in [6, 6.07) is 3.61. The molecule has 0 saturated carbocycles. The third-order valence-corrected chi connectivity index (χ3v) is 13.2. The number of piperidine rings is 1. The number of benzene rings is 3. The minimum atomic E-state index is -2.07. The van der Waals surface area contributed by atoms with Crippen molar-refractivity contribution in [1.82, 2.24) is 10.3 Å². The van der Waals surface area contributed by atoms with Crippen LogP contribution in [-0.4, -0.2) is 95.4 Å². The highest BCUT2D eigenvalue weighted by molar-refractivity contribution is 6.22. The number of aromatic hydroxyl groups is 2. The van der Waals surface area contributed by atoms with Crippen LogP contribution in [0.3, 0.4) is 0 Å². The van der Waals surface area contributed by atoms with Crippen molar-refractivity contribution in [3.05, 3.63) is 69.6 Å². The Morgan fingerprint density at radius 3 is 2.48 bits per heavy atom. The zero-order valence-electron chi connectivity index (χ0n) is 36.7. The summed E-state index contributed by atoms with van der Waals surface area (Å²) in [5.74, 6) is -5.90. The van der Waals surface area contributed by atoms with Gasteiger partial charge < -0.3 is 54.2 Å². The van der Waals surface area contributed by atoms with Crippen LogP contribution >= 0.6 is 0 Å². The van der Waals surface area contributed by atoms with Gasteiger partial charge in [0.05, 0.1) is 40.4 Å². The van der Waals surface area contributed by atoms with Gasteiger partial charge in [0.25, 0.3) is 11.7 Å². The fourth-order valence-corrected chi connectivity index (χ4v) is 9.93. The number of aliphatic hydroxyl groups excluding tert-OH is 1. The number of allylic oxidation sites excluding steroid dienone is 3. The van der Waals surface area contributed by atoms with Crippen molar-refractivity contribution in [3.8, 4) is 28.7 Å². The van der Waals surface area contributed by atoms with Crippen LogP contribution in [0.5, 0.6) is 17.2 Å². The SMILES string of the molecule is CNC1CCN(c2cc(O)c3nc4c5c6c7c8c(O)c5c(=O)c(c-4oc3c2)NC(=O)/C(C)=C\C=C\[C@H](C)C[C@@H](C)C[C@@H](O)[C@H](OC(C)=O)[C@]8(C)[C@@H](OC)/C=C/O[C@@](C)(O7)C6=O)CC1. The summed E-state index contributed by atoms with van der Waals surface area (Å²) in [7, 11) is 3.30. The highest BCUT2D eigenvalue weighted by atomic mass is 16.7. The first-order valence-corrected chi connectivity index (χ1v) is 21.3. The standard InChI is InChI=1S/C47H54N4O12/c1-22-10-9-11-24(3)45(58)50-38-40(56)33-32(37-42(38)62-30-21-27(20-28(53)36(30)49-37)51-15-12-26(48-7)13-16-51)34-41-35(39(33)55)46(5,44(61-25(4)52)29(54)19-23(2)18-22)31(59-8)14-17-60-47(6,63-41)43(34)57/h9-11,14,17,20-23,26,29,31,44,48,53-55H,12-13,15-16,18-19H2,1-8H3,(H,50,58)/b10-9+,17-14+,24-11-/t22-,23+,29+,31-,44-,46+,47-/m0/s1. The summed E-state index contributed by atoms with van der Waals surface area (Å²) >= 11 is 0. The molecule has 16 heteroatoms. The highest BCUT2D eigenvalue weighted by Gasteiger charge is 2.58. The van der Waals surface area contributed by atoms with E-state index in [0.717, 1.165) is 12.8 Å². The van der Waals surface area contributed by atoms with Crippen molar-refractivity contribution in [2.24, 2.45) is 11.8 Å². The van der Waals surface area contributed by atoms with Gasteiger partial charge in [-0.1, -0.05) is 32.1 Å². The molecule has 0 spiro atoms. The molecule has 0 aromatic heterocycles. The van der Waals surface area contributed by atoms with E-state index in [1.54, 1.807) is 38.1 Å². The van der Waals surface area contributed by atoms with Crippen LogP contribution in [0.25, 0.3) is 33.3 Å². The average Bonchev–Trinajstić information content (AvgIpc) is 3.51. The molecule has 1 saturated heterocycles. The van der Waals surface area contributed by atoms with Gasteiger partial charge in [0.15, 0.2) is 11.3 Å². The largest absolute Gasteiger partial charge is 0.507 e. The van der Waals surface area contributed by atoms with Gasteiger partial charge in [-0.05, 0) is 64.5 Å². The second kappa shape index (κ2) is 16.3. The first-order valence-electron chi connectivity index (χ1n) is 21.3. The van der Waals surface area contributed by atoms with Crippen LogP contribution in [0.15, 0.2) is 57.5 Å². The number of nitrogens with one attached hydrogen (secondary N) is 2. The fourth-order valence-electron chi connectivity index (χ4n) is 9.93. The number of hydrogen-bond donors (Lipinski definition) is 5. The van der Waals surface area contributed by atoms with E-state index in [1.165, 1.54) is 33.3 Å². The van der Waals surface area contributed by atoms with Crippen LogP contribution in [0.4, 0.5) is 11.4 Å². The Morgan fingerprint density at radius 2 is 1.79 bits per heavy atom. The smallest absolute Gasteiger partial charge is 0.312 e. The third kappa shape index (κ3) is 7.27. The Hall–Kier alpha value is -5.97. The molecule has 5 heterocycles. The Morgan fingerprint density at radius 1 is 1.06 bits per heavy atom. The molecule has 0 unspecified atom stereocenters. The maximum Gasteiger partial charge on any atom is 0.312 e. The molecular formula is C47H54N4O12. The number of nitrogens with zero attached hydrogens (tertiary/aromatic N) is 2. The zero-order chi connectivity index (χ0) is 45.3. The van der Waals surface area contributed by atoms with Crippen LogP contribution in [-0.2, 0) is 29.2 Å². The third-order valence-electron chi connectivity index (χ3n) is 13.2. The molecule has 2 aromatic rings. The van der Waals surface area contributed by atoms with Gasteiger partial charge in [0, 0.05) is 68.9 Å². The summed E-state index contributed by atoms with van der Waals surface area (Å²) in [5, 5.41) is 42.1. The Kier molecular flexibility index (Phi) is 11.3. The van der Waals surface area contributed by atoms with E-state index in [2.05, 4.69) is 15.5 Å². The van der Waals surface area contributed by atoms with Crippen LogP contribution in [0.2, 0.25) is 0 Å².